The molecule has 94 valence electrons. The molecular formula is C12H19BClNO2. The van der Waals surface area contributed by atoms with E-state index in [1.54, 1.807) is 26.0 Å². The highest BCUT2D eigenvalue weighted by Gasteiger charge is 2.35. The second-order valence-electron chi connectivity index (χ2n) is 5.25. The van der Waals surface area contributed by atoms with E-state index in [-0.39, 0.29) is 0 Å². The fourth-order valence-corrected chi connectivity index (χ4v) is 1.47. The fraction of sp³-hybridized carbons (Fsp3) is 0.500. The van der Waals surface area contributed by atoms with Gasteiger partial charge < -0.3 is 15.5 Å². The van der Waals surface area contributed by atoms with Gasteiger partial charge in [0.2, 0.25) is 0 Å². The fourth-order valence-electron chi connectivity index (χ4n) is 1.20. The van der Waals surface area contributed by atoms with Crippen molar-refractivity contribution in [1.29, 1.82) is 0 Å². The largest absolute Gasteiger partial charge is 0.427 e. The van der Waals surface area contributed by atoms with Gasteiger partial charge in [-0.3, -0.25) is 0 Å². The molecule has 0 spiro atoms. The summed E-state index contributed by atoms with van der Waals surface area (Å²) in [5.41, 5.74) is 5.63. The molecule has 1 aromatic carbocycles. The number of anilines is 1. The van der Waals surface area contributed by atoms with E-state index >= 15 is 0 Å². The first-order valence-electron chi connectivity index (χ1n) is 5.53. The molecule has 0 aromatic heterocycles. The van der Waals surface area contributed by atoms with Gasteiger partial charge in [0.25, 0.3) is 0 Å². The third-order valence-corrected chi connectivity index (χ3v) is 3.27. The van der Waals surface area contributed by atoms with Gasteiger partial charge in [0.1, 0.15) is 0 Å². The molecule has 0 bridgehead atoms. The highest BCUT2D eigenvalue weighted by molar-refractivity contribution is 6.48. The van der Waals surface area contributed by atoms with Crippen LogP contribution in [0, 0.1) is 0 Å². The molecular weight excluding hydrogens is 236 g/mol. The zero-order valence-electron chi connectivity index (χ0n) is 10.7. The molecule has 0 saturated heterocycles. The summed E-state index contributed by atoms with van der Waals surface area (Å²) in [5, 5.41) is 10.5. The topological polar surface area (TPSA) is 55.5 Å². The molecule has 0 saturated carbocycles. The number of halogens is 1. The number of hydrogen-bond acceptors (Lipinski definition) is 3. The first kappa shape index (κ1) is 14.4. The Labute approximate surface area is 108 Å². The molecule has 1 rings (SSSR count). The van der Waals surface area contributed by atoms with Gasteiger partial charge in [0.05, 0.1) is 11.2 Å². The number of nitrogens with two attached hydrogens (primary N) is 1. The predicted octanol–water partition coefficient (Wildman–Crippen LogP) is 1.47. The van der Waals surface area contributed by atoms with Crippen molar-refractivity contribution in [2.75, 3.05) is 5.73 Å². The maximum atomic E-state index is 9.96. The Morgan fingerprint density at radius 3 is 2.29 bits per heavy atom. The van der Waals surface area contributed by atoms with Gasteiger partial charge in [-0.15, -0.1) is 0 Å². The molecule has 5 heteroatoms. The highest BCUT2D eigenvalue weighted by Crippen LogP contribution is 2.24. The van der Waals surface area contributed by atoms with E-state index in [4.69, 9.17) is 22.0 Å². The van der Waals surface area contributed by atoms with Crippen LogP contribution in [0.15, 0.2) is 18.2 Å². The molecule has 0 fully saturated rings. The smallest absolute Gasteiger partial charge is 0.309 e. The first-order chi connectivity index (χ1) is 7.62. The molecule has 1 aromatic rings. The third kappa shape index (κ3) is 3.91. The third-order valence-electron chi connectivity index (χ3n) is 3.05. The van der Waals surface area contributed by atoms with E-state index in [1.807, 2.05) is 19.9 Å². The summed E-state index contributed by atoms with van der Waals surface area (Å²) < 4.78 is 5.73. The van der Waals surface area contributed by atoms with Crippen LogP contribution in [0.25, 0.3) is 0 Å². The van der Waals surface area contributed by atoms with Gasteiger partial charge in [0, 0.05) is 10.7 Å². The van der Waals surface area contributed by atoms with Crippen LogP contribution in [0.1, 0.15) is 27.7 Å². The quantitative estimate of drug-likeness (QED) is 0.633. The van der Waals surface area contributed by atoms with Crippen molar-refractivity contribution in [3.8, 4) is 0 Å². The monoisotopic (exact) mass is 255 g/mol. The SMILES string of the molecule is CC(C)(O)C(C)(C)OBc1cc(N)cc(Cl)c1. The van der Waals surface area contributed by atoms with Crippen LogP contribution in [-0.2, 0) is 4.65 Å². The van der Waals surface area contributed by atoms with Gasteiger partial charge in [-0.05, 0) is 51.4 Å². The Morgan fingerprint density at radius 2 is 1.82 bits per heavy atom. The van der Waals surface area contributed by atoms with Crippen LogP contribution in [0.2, 0.25) is 5.02 Å². The summed E-state index contributed by atoms with van der Waals surface area (Å²) in [4.78, 5) is 0. The van der Waals surface area contributed by atoms with E-state index in [0.717, 1.165) is 5.46 Å². The van der Waals surface area contributed by atoms with Crippen molar-refractivity contribution >= 4 is 30.2 Å². The minimum Gasteiger partial charge on any atom is -0.427 e. The molecule has 0 aliphatic heterocycles. The lowest BCUT2D eigenvalue weighted by molar-refractivity contribution is -0.0893. The Bertz CT molecular complexity index is 382. The zero-order chi connectivity index (χ0) is 13.3. The molecule has 0 unspecified atom stereocenters. The van der Waals surface area contributed by atoms with Crippen molar-refractivity contribution in [2.24, 2.45) is 0 Å². The number of aliphatic hydroxyl groups is 1. The summed E-state index contributed by atoms with van der Waals surface area (Å²) in [7, 11) is 0.363. The van der Waals surface area contributed by atoms with Crippen molar-refractivity contribution in [2.45, 2.75) is 38.9 Å². The van der Waals surface area contributed by atoms with Crippen LogP contribution in [0.4, 0.5) is 5.69 Å². The summed E-state index contributed by atoms with van der Waals surface area (Å²) in [5.74, 6) is 0. The molecule has 0 heterocycles. The van der Waals surface area contributed by atoms with Gasteiger partial charge in [-0.2, -0.15) is 0 Å². The minimum absolute atomic E-state index is 0.363. The van der Waals surface area contributed by atoms with Gasteiger partial charge in [-0.1, -0.05) is 11.6 Å². The lowest BCUT2D eigenvalue weighted by atomic mass is 9.82. The van der Waals surface area contributed by atoms with E-state index in [0.29, 0.717) is 18.2 Å². The molecule has 17 heavy (non-hydrogen) atoms. The molecule has 0 aliphatic carbocycles. The van der Waals surface area contributed by atoms with E-state index < -0.39 is 11.2 Å². The summed E-state index contributed by atoms with van der Waals surface area (Å²) in [6.45, 7) is 7.14. The standard InChI is InChI=1S/C12H19BClNO2/c1-11(2,16)12(3,4)17-13-8-5-9(14)7-10(15)6-8/h5-7,13,16H,15H2,1-4H3. The van der Waals surface area contributed by atoms with E-state index in [1.165, 1.54) is 0 Å². The second kappa shape index (κ2) is 4.88. The van der Waals surface area contributed by atoms with E-state index in [2.05, 4.69) is 0 Å². The van der Waals surface area contributed by atoms with Crippen molar-refractivity contribution in [3.63, 3.8) is 0 Å². The average molecular weight is 256 g/mol. The van der Waals surface area contributed by atoms with Crippen LogP contribution in [0.3, 0.4) is 0 Å². The molecule has 0 amide bonds. The number of hydrogen-bond donors (Lipinski definition) is 2. The Hall–Kier alpha value is -0.705. The molecule has 3 nitrogen and oxygen atoms in total. The summed E-state index contributed by atoms with van der Waals surface area (Å²) in [6.07, 6.45) is 0. The predicted molar refractivity (Wildman–Crippen MR) is 74.1 cm³/mol. The van der Waals surface area contributed by atoms with Gasteiger partial charge in [0.15, 0.2) is 0 Å². The molecule has 0 radical (unpaired) electrons. The average Bonchev–Trinajstić information content (AvgIpc) is 2.11. The first-order valence-corrected chi connectivity index (χ1v) is 5.91. The Balaban J connectivity index is 2.74. The maximum Gasteiger partial charge on any atom is 0.309 e. The van der Waals surface area contributed by atoms with Crippen molar-refractivity contribution < 1.29 is 9.76 Å². The maximum absolute atomic E-state index is 9.96. The number of rotatable bonds is 4. The number of benzene rings is 1. The van der Waals surface area contributed by atoms with Gasteiger partial charge in [-0.25, -0.2) is 0 Å². The number of nitrogen functional groups attached to an aromatic ring is 1. The van der Waals surface area contributed by atoms with Crippen LogP contribution >= 0.6 is 11.6 Å². The van der Waals surface area contributed by atoms with Gasteiger partial charge >= 0.3 is 7.48 Å². The highest BCUT2D eigenvalue weighted by atomic mass is 35.5. The minimum atomic E-state index is -0.920. The van der Waals surface area contributed by atoms with Crippen molar-refractivity contribution in [1.82, 2.24) is 0 Å². The Morgan fingerprint density at radius 1 is 1.24 bits per heavy atom. The van der Waals surface area contributed by atoms with Crippen LogP contribution in [-0.4, -0.2) is 23.8 Å². The lowest BCUT2D eigenvalue weighted by Gasteiger charge is -2.37. The van der Waals surface area contributed by atoms with E-state index in [9.17, 15) is 5.11 Å². The summed E-state index contributed by atoms with van der Waals surface area (Å²) >= 11 is 5.91. The van der Waals surface area contributed by atoms with Crippen LogP contribution < -0.4 is 11.2 Å². The lowest BCUT2D eigenvalue weighted by Crippen LogP contribution is -2.49. The molecule has 3 N–H and O–H groups in total. The Kier molecular flexibility index (Phi) is 4.13. The molecule has 0 aliphatic rings. The molecule has 0 atom stereocenters. The van der Waals surface area contributed by atoms with Crippen molar-refractivity contribution in [3.05, 3.63) is 23.2 Å². The normalized spacial score (nSPS) is 12.6. The second-order valence-corrected chi connectivity index (χ2v) is 5.69. The zero-order valence-corrected chi connectivity index (χ0v) is 11.5. The summed E-state index contributed by atoms with van der Waals surface area (Å²) in [6, 6.07) is 5.30. The van der Waals surface area contributed by atoms with Crippen LogP contribution in [0.5, 0.6) is 0 Å².